The Morgan fingerprint density at radius 1 is 1.52 bits per heavy atom. The Balaban J connectivity index is 2.07. The second-order valence-corrected chi connectivity index (χ2v) is 6.75. The van der Waals surface area contributed by atoms with Crippen molar-refractivity contribution >= 4 is 17.1 Å². The van der Waals surface area contributed by atoms with Crippen LogP contribution in [-0.4, -0.2) is 47.0 Å². The molecule has 146 valence electrons. The average Bonchev–Trinajstić information content (AvgIpc) is 3.16. The van der Waals surface area contributed by atoms with E-state index >= 15 is 0 Å². The van der Waals surface area contributed by atoms with Gasteiger partial charge in [0.1, 0.15) is 0 Å². The Bertz CT molecular complexity index is 970. The van der Waals surface area contributed by atoms with Crippen LogP contribution in [0.25, 0.3) is 11.2 Å². The molecule has 3 rings (SSSR count). The Morgan fingerprint density at radius 2 is 2.22 bits per heavy atom. The zero-order chi connectivity index (χ0) is 19.9. The summed E-state index contributed by atoms with van der Waals surface area (Å²) in [6, 6.07) is 0. The highest BCUT2D eigenvalue weighted by atomic mass is 16.6. The Morgan fingerprint density at radius 3 is 2.78 bits per heavy atom. The van der Waals surface area contributed by atoms with Gasteiger partial charge in [0.25, 0.3) is 5.56 Å². The molecule has 3 heterocycles. The Hall–Kier alpha value is -2.85. The molecule has 0 aromatic carbocycles. The van der Waals surface area contributed by atoms with Crippen molar-refractivity contribution in [3.8, 4) is 0 Å². The molecule has 2 unspecified atom stereocenters. The van der Waals surface area contributed by atoms with Gasteiger partial charge in [-0.05, 0) is 12.3 Å². The highest BCUT2D eigenvalue weighted by Crippen LogP contribution is 2.41. The number of aromatic amines is 1. The number of anilines is 1. The summed E-state index contributed by atoms with van der Waals surface area (Å²) >= 11 is 0. The molecule has 2 aromatic heterocycles. The molecular formula is C17H23N5O5. The highest BCUT2D eigenvalue weighted by molar-refractivity contribution is 5.71. The number of hydrogen-bond donors (Lipinski definition) is 5. The van der Waals surface area contributed by atoms with Crippen LogP contribution in [-0.2, 0) is 4.74 Å². The molecule has 0 amide bonds. The number of aliphatic hydroxyl groups is 3. The third kappa shape index (κ3) is 2.96. The van der Waals surface area contributed by atoms with Crippen LogP contribution in [0.15, 0.2) is 34.9 Å². The first-order valence-electron chi connectivity index (χ1n) is 8.58. The molecule has 1 aliphatic rings. The Labute approximate surface area is 154 Å². The zero-order valence-corrected chi connectivity index (χ0v) is 15.4. The average molecular weight is 377 g/mol. The van der Waals surface area contributed by atoms with Gasteiger partial charge in [-0.2, -0.15) is 4.98 Å². The Kier molecular flexibility index (Phi) is 4.70. The van der Waals surface area contributed by atoms with E-state index in [-0.39, 0.29) is 29.5 Å². The first kappa shape index (κ1) is 18.9. The molecule has 0 bridgehead atoms. The van der Waals surface area contributed by atoms with Gasteiger partial charge < -0.3 is 25.4 Å². The molecule has 2 atom stereocenters. The molecule has 10 nitrogen and oxygen atoms in total. The van der Waals surface area contributed by atoms with Gasteiger partial charge >= 0.3 is 0 Å². The standard InChI is InChI=1S/C17H23N5O5/c1-5-17(6-23)12(25)11(24)15(27-17)22-7-18-10-13(22)20-16(21-14(10)26)19-9(4)8(2)3/h7-8,15,23-25H,4-6H2,1-3H3,(H2,19,20,21,26). The second-order valence-electron chi connectivity index (χ2n) is 6.75. The smallest absolute Gasteiger partial charge is 0.280 e. The van der Waals surface area contributed by atoms with Crippen molar-refractivity contribution in [3.63, 3.8) is 0 Å². The van der Waals surface area contributed by atoms with Gasteiger partial charge in [0, 0.05) is 5.70 Å². The summed E-state index contributed by atoms with van der Waals surface area (Å²) in [5.74, 6) is -0.626. The predicted molar refractivity (Wildman–Crippen MR) is 98.3 cm³/mol. The number of allylic oxidation sites excluding steroid dienone is 1. The number of ether oxygens (including phenoxy) is 1. The molecule has 0 spiro atoms. The van der Waals surface area contributed by atoms with Crippen LogP contribution in [0.4, 0.5) is 5.95 Å². The van der Waals surface area contributed by atoms with Crippen molar-refractivity contribution in [2.75, 3.05) is 11.9 Å². The van der Waals surface area contributed by atoms with Crippen molar-refractivity contribution in [2.24, 2.45) is 5.92 Å². The van der Waals surface area contributed by atoms with E-state index in [4.69, 9.17) is 4.74 Å². The minimum absolute atomic E-state index is 0.0459. The lowest BCUT2D eigenvalue weighted by Gasteiger charge is -2.26. The summed E-state index contributed by atoms with van der Waals surface area (Å²) in [5, 5.41) is 33.1. The minimum Gasteiger partial charge on any atom is -0.506 e. The summed E-state index contributed by atoms with van der Waals surface area (Å²) in [4.78, 5) is 23.3. The van der Waals surface area contributed by atoms with Gasteiger partial charge in [-0.3, -0.25) is 14.3 Å². The van der Waals surface area contributed by atoms with Crippen LogP contribution < -0.4 is 10.9 Å². The number of rotatable bonds is 6. The summed E-state index contributed by atoms with van der Waals surface area (Å²) in [6.45, 7) is 8.95. The van der Waals surface area contributed by atoms with Gasteiger partial charge in [0.05, 0.1) is 12.9 Å². The highest BCUT2D eigenvalue weighted by Gasteiger charge is 2.48. The number of imidazole rings is 1. The van der Waals surface area contributed by atoms with Crippen molar-refractivity contribution in [1.82, 2.24) is 19.5 Å². The lowest BCUT2D eigenvalue weighted by atomic mass is 10.0. The molecule has 5 N–H and O–H groups in total. The molecule has 0 radical (unpaired) electrons. The van der Waals surface area contributed by atoms with E-state index in [9.17, 15) is 20.1 Å². The largest absolute Gasteiger partial charge is 0.506 e. The number of nitrogens with zero attached hydrogens (tertiary/aromatic N) is 3. The van der Waals surface area contributed by atoms with Gasteiger partial charge in [-0.25, -0.2) is 4.98 Å². The third-order valence-electron chi connectivity index (χ3n) is 4.73. The van der Waals surface area contributed by atoms with Crippen molar-refractivity contribution < 1.29 is 20.1 Å². The van der Waals surface area contributed by atoms with Crippen molar-refractivity contribution in [1.29, 1.82) is 0 Å². The lowest BCUT2D eigenvalue weighted by molar-refractivity contribution is -0.108. The quantitative estimate of drug-likeness (QED) is 0.511. The maximum absolute atomic E-state index is 12.3. The molecule has 2 aromatic rings. The molecular weight excluding hydrogens is 354 g/mol. The molecule has 10 heteroatoms. The fourth-order valence-electron chi connectivity index (χ4n) is 2.79. The topological polar surface area (TPSA) is 146 Å². The number of aromatic nitrogens is 4. The van der Waals surface area contributed by atoms with Crippen LogP contribution >= 0.6 is 0 Å². The molecule has 0 aliphatic carbocycles. The molecule has 1 aliphatic heterocycles. The van der Waals surface area contributed by atoms with E-state index in [0.717, 1.165) is 0 Å². The van der Waals surface area contributed by atoms with Crippen LogP contribution in [0.3, 0.4) is 0 Å². The number of fused-ring (bicyclic) bond motifs is 1. The zero-order valence-electron chi connectivity index (χ0n) is 15.4. The van der Waals surface area contributed by atoms with Gasteiger partial charge in [-0.15, -0.1) is 0 Å². The monoisotopic (exact) mass is 377 g/mol. The number of aliphatic hydroxyl groups excluding tert-OH is 3. The summed E-state index contributed by atoms with van der Waals surface area (Å²) in [6.07, 6.45) is 0.348. The maximum atomic E-state index is 12.3. The van der Waals surface area contributed by atoms with E-state index < -0.39 is 35.5 Å². The predicted octanol–water partition coefficient (Wildman–Crippen LogP) is 1.70. The van der Waals surface area contributed by atoms with E-state index in [1.807, 2.05) is 13.8 Å². The molecule has 0 saturated heterocycles. The van der Waals surface area contributed by atoms with Crippen LogP contribution in [0.5, 0.6) is 0 Å². The lowest BCUT2D eigenvalue weighted by Crippen LogP contribution is -2.35. The molecule has 27 heavy (non-hydrogen) atoms. The normalized spacial score (nSPS) is 22.8. The fourth-order valence-corrected chi connectivity index (χ4v) is 2.79. The van der Waals surface area contributed by atoms with E-state index in [0.29, 0.717) is 5.70 Å². The van der Waals surface area contributed by atoms with Gasteiger partial charge in [-0.1, -0.05) is 27.4 Å². The van der Waals surface area contributed by atoms with E-state index in [2.05, 4.69) is 26.8 Å². The fraction of sp³-hybridized carbons (Fsp3) is 0.471. The van der Waals surface area contributed by atoms with E-state index in [1.165, 1.54) is 10.9 Å². The van der Waals surface area contributed by atoms with Crippen molar-refractivity contribution in [2.45, 2.75) is 39.0 Å². The summed E-state index contributed by atoms with van der Waals surface area (Å²) in [7, 11) is 0. The van der Waals surface area contributed by atoms with Crippen LogP contribution in [0.1, 0.15) is 33.4 Å². The first-order valence-corrected chi connectivity index (χ1v) is 8.58. The number of nitrogens with one attached hydrogen (secondary N) is 2. The summed E-state index contributed by atoms with van der Waals surface area (Å²) in [5.41, 5.74) is -1.05. The maximum Gasteiger partial charge on any atom is 0.280 e. The second kappa shape index (κ2) is 6.71. The molecule has 0 fully saturated rings. The SMILES string of the molecule is C=C(Nc1nc2c(ncn2C2OC(CC)(CO)C(O)=C2O)c(=O)[nH]1)C(C)C. The number of hydrogen-bond acceptors (Lipinski definition) is 8. The minimum atomic E-state index is -1.42. The third-order valence-corrected chi connectivity index (χ3v) is 4.73. The first-order chi connectivity index (χ1) is 12.7. The van der Waals surface area contributed by atoms with Crippen molar-refractivity contribution in [3.05, 3.63) is 40.5 Å². The summed E-state index contributed by atoms with van der Waals surface area (Å²) < 4.78 is 7.06. The van der Waals surface area contributed by atoms with Gasteiger partial charge in [0.2, 0.25) is 5.95 Å². The molecule has 0 saturated carbocycles. The van der Waals surface area contributed by atoms with Crippen LogP contribution in [0.2, 0.25) is 0 Å². The van der Waals surface area contributed by atoms with E-state index in [1.54, 1.807) is 6.92 Å². The van der Waals surface area contributed by atoms with Gasteiger partial charge in [0.15, 0.2) is 34.5 Å². The number of H-pyrrole nitrogens is 1. The van der Waals surface area contributed by atoms with Crippen LogP contribution in [0, 0.1) is 5.92 Å².